The van der Waals surface area contributed by atoms with Gasteiger partial charge in [0.2, 0.25) is 0 Å². The average Bonchev–Trinajstić information content (AvgIpc) is 2.67. The van der Waals surface area contributed by atoms with Crippen LogP contribution in [-0.4, -0.2) is 46.8 Å². The van der Waals surface area contributed by atoms with Gasteiger partial charge in [-0.15, -0.1) is 0 Å². The number of hydrogen-bond donors (Lipinski definition) is 0. The van der Waals surface area contributed by atoms with Crippen molar-refractivity contribution in [2.24, 2.45) is 0 Å². The molecule has 0 spiro atoms. The van der Waals surface area contributed by atoms with Gasteiger partial charge < -0.3 is 4.90 Å². The first-order valence-electron chi connectivity index (χ1n) is 8.49. The molecule has 1 heterocycles. The fourth-order valence-electron chi connectivity index (χ4n) is 3.23. The Balaban J connectivity index is 1.65. The second-order valence-corrected chi connectivity index (χ2v) is 6.34. The summed E-state index contributed by atoms with van der Waals surface area (Å²) in [6.07, 6.45) is 0. The number of nitro groups is 1. The summed E-state index contributed by atoms with van der Waals surface area (Å²) in [4.78, 5) is 26.8. The molecule has 7 heteroatoms. The van der Waals surface area contributed by atoms with Gasteiger partial charge in [-0.25, -0.2) is 4.39 Å². The van der Waals surface area contributed by atoms with E-state index in [0.717, 1.165) is 5.56 Å². The number of hydrogen-bond acceptors (Lipinski definition) is 4. The first-order valence-corrected chi connectivity index (χ1v) is 8.49. The molecule has 1 saturated heterocycles. The van der Waals surface area contributed by atoms with Crippen molar-refractivity contribution >= 4 is 11.6 Å². The number of rotatable bonds is 4. The van der Waals surface area contributed by atoms with Gasteiger partial charge in [-0.2, -0.15) is 0 Å². The standard InChI is InChI=1S/C19H20FN3O3/c1-14(15-5-4-6-16(13-15)23(25)26)21-9-11-22(12-10-21)19(24)17-7-2-3-8-18(17)20/h2-8,13-14H,9-12H2,1H3. The third kappa shape index (κ3) is 3.72. The van der Waals surface area contributed by atoms with Crippen LogP contribution in [0.3, 0.4) is 0 Å². The van der Waals surface area contributed by atoms with Crippen LogP contribution in [-0.2, 0) is 0 Å². The first-order chi connectivity index (χ1) is 12.5. The highest BCUT2D eigenvalue weighted by Gasteiger charge is 2.27. The zero-order valence-corrected chi connectivity index (χ0v) is 14.5. The number of carbonyl (C=O) groups is 1. The van der Waals surface area contributed by atoms with E-state index < -0.39 is 10.7 Å². The van der Waals surface area contributed by atoms with Crippen LogP contribution in [0.4, 0.5) is 10.1 Å². The second kappa shape index (κ2) is 7.61. The molecule has 1 amide bonds. The minimum absolute atomic E-state index is 0.000568. The maximum absolute atomic E-state index is 13.8. The van der Waals surface area contributed by atoms with E-state index in [1.807, 2.05) is 13.0 Å². The number of piperazine rings is 1. The van der Waals surface area contributed by atoms with E-state index in [9.17, 15) is 19.3 Å². The Morgan fingerprint density at radius 2 is 1.81 bits per heavy atom. The molecular formula is C19H20FN3O3. The molecule has 136 valence electrons. The fraction of sp³-hybridized carbons (Fsp3) is 0.316. The van der Waals surface area contributed by atoms with Crippen LogP contribution in [0.5, 0.6) is 0 Å². The summed E-state index contributed by atoms with van der Waals surface area (Å²) < 4.78 is 13.8. The number of benzene rings is 2. The summed E-state index contributed by atoms with van der Waals surface area (Å²) in [6, 6.07) is 12.6. The molecule has 0 radical (unpaired) electrons. The fourth-order valence-corrected chi connectivity index (χ4v) is 3.23. The number of halogens is 1. The largest absolute Gasteiger partial charge is 0.336 e. The van der Waals surface area contributed by atoms with Gasteiger partial charge in [-0.05, 0) is 24.6 Å². The Morgan fingerprint density at radius 1 is 1.12 bits per heavy atom. The van der Waals surface area contributed by atoms with Gasteiger partial charge in [0.25, 0.3) is 11.6 Å². The second-order valence-electron chi connectivity index (χ2n) is 6.34. The molecule has 0 bridgehead atoms. The Hall–Kier alpha value is -2.80. The maximum atomic E-state index is 13.8. The SMILES string of the molecule is CC(c1cccc([N+](=O)[O-])c1)N1CCN(C(=O)c2ccccc2F)CC1. The molecule has 26 heavy (non-hydrogen) atoms. The van der Waals surface area contributed by atoms with Crippen molar-refractivity contribution in [1.82, 2.24) is 9.80 Å². The highest BCUT2D eigenvalue weighted by Crippen LogP contribution is 2.25. The van der Waals surface area contributed by atoms with E-state index >= 15 is 0 Å². The normalized spacial score (nSPS) is 16.3. The predicted molar refractivity (Wildman–Crippen MR) is 95.4 cm³/mol. The lowest BCUT2D eigenvalue weighted by molar-refractivity contribution is -0.385. The first kappa shape index (κ1) is 18.0. The van der Waals surface area contributed by atoms with Crippen molar-refractivity contribution in [2.75, 3.05) is 26.2 Å². The number of non-ortho nitro benzene ring substituents is 1. The summed E-state index contributed by atoms with van der Waals surface area (Å²) in [7, 11) is 0. The Bertz CT molecular complexity index is 819. The van der Waals surface area contributed by atoms with E-state index in [0.29, 0.717) is 26.2 Å². The monoisotopic (exact) mass is 357 g/mol. The van der Waals surface area contributed by atoms with E-state index in [2.05, 4.69) is 4.90 Å². The number of nitrogens with zero attached hydrogens (tertiary/aromatic N) is 3. The molecule has 0 saturated carbocycles. The molecule has 0 aliphatic carbocycles. The molecule has 3 rings (SSSR count). The zero-order valence-electron chi connectivity index (χ0n) is 14.5. The van der Waals surface area contributed by atoms with Crippen LogP contribution in [0.2, 0.25) is 0 Å². The van der Waals surface area contributed by atoms with E-state index in [1.165, 1.54) is 18.2 Å². The molecule has 0 N–H and O–H groups in total. The molecule has 1 fully saturated rings. The predicted octanol–water partition coefficient (Wildman–Crippen LogP) is 3.25. The molecule has 0 aromatic heterocycles. The van der Waals surface area contributed by atoms with Crippen LogP contribution in [0.25, 0.3) is 0 Å². The summed E-state index contributed by atoms with van der Waals surface area (Å²) in [5.74, 6) is -0.810. The van der Waals surface area contributed by atoms with Crippen molar-refractivity contribution < 1.29 is 14.1 Å². The maximum Gasteiger partial charge on any atom is 0.269 e. The van der Waals surface area contributed by atoms with Gasteiger partial charge in [0.05, 0.1) is 10.5 Å². The Kier molecular flexibility index (Phi) is 5.27. The number of nitro benzene ring substituents is 1. The van der Waals surface area contributed by atoms with Crippen molar-refractivity contribution in [1.29, 1.82) is 0 Å². The minimum Gasteiger partial charge on any atom is -0.336 e. The quantitative estimate of drug-likeness (QED) is 0.622. The molecular weight excluding hydrogens is 337 g/mol. The molecule has 1 aliphatic rings. The summed E-state index contributed by atoms with van der Waals surface area (Å²) >= 11 is 0. The summed E-state index contributed by atoms with van der Waals surface area (Å²) in [6.45, 7) is 4.24. The zero-order chi connectivity index (χ0) is 18.7. The highest BCUT2D eigenvalue weighted by atomic mass is 19.1. The average molecular weight is 357 g/mol. The number of amides is 1. The van der Waals surface area contributed by atoms with Gasteiger partial charge in [0.1, 0.15) is 5.82 Å². The highest BCUT2D eigenvalue weighted by molar-refractivity contribution is 5.94. The molecule has 1 unspecified atom stereocenters. The van der Waals surface area contributed by atoms with Crippen LogP contribution >= 0.6 is 0 Å². The lowest BCUT2D eigenvalue weighted by atomic mass is 10.0. The van der Waals surface area contributed by atoms with Crippen LogP contribution < -0.4 is 0 Å². The molecule has 2 aromatic rings. The van der Waals surface area contributed by atoms with E-state index in [1.54, 1.807) is 29.2 Å². The molecule has 1 aliphatic heterocycles. The summed E-state index contributed by atoms with van der Waals surface area (Å²) in [5, 5.41) is 10.9. The van der Waals surface area contributed by atoms with Gasteiger partial charge >= 0.3 is 0 Å². The smallest absolute Gasteiger partial charge is 0.269 e. The van der Waals surface area contributed by atoms with E-state index in [4.69, 9.17) is 0 Å². The summed E-state index contributed by atoms with van der Waals surface area (Å²) in [5.41, 5.74) is 1.03. The third-order valence-corrected chi connectivity index (χ3v) is 4.82. The molecule has 1 atom stereocenters. The molecule has 6 nitrogen and oxygen atoms in total. The van der Waals surface area contributed by atoms with Crippen LogP contribution in [0, 0.1) is 15.9 Å². The van der Waals surface area contributed by atoms with Gasteiger partial charge in [-0.3, -0.25) is 19.8 Å². The van der Waals surface area contributed by atoms with Gasteiger partial charge in [0, 0.05) is 44.4 Å². The van der Waals surface area contributed by atoms with Crippen LogP contribution in [0.1, 0.15) is 28.9 Å². The molecule has 2 aromatic carbocycles. The lowest BCUT2D eigenvalue weighted by Crippen LogP contribution is -2.49. The lowest BCUT2D eigenvalue weighted by Gasteiger charge is -2.38. The third-order valence-electron chi connectivity index (χ3n) is 4.82. The van der Waals surface area contributed by atoms with Crippen LogP contribution in [0.15, 0.2) is 48.5 Å². The number of carbonyl (C=O) groups excluding carboxylic acids is 1. The van der Waals surface area contributed by atoms with Crippen molar-refractivity contribution in [3.63, 3.8) is 0 Å². The Labute approximate surface area is 151 Å². The van der Waals surface area contributed by atoms with Gasteiger partial charge in [-0.1, -0.05) is 24.3 Å². The minimum atomic E-state index is -0.509. The van der Waals surface area contributed by atoms with E-state index in [-0.39, 0.29) is 23.2 Å². The Morgan fingerprint density at radius 3 is 2.46 bits per heavy atom. The van der Waals surface area contributed by atoms with Crippen molar-refractivity contribution in [2.45, 2.75) is 13.0 Å². The topological polar surface area (TPSA) is 66.7 Å². The van der Waals surface area contributed by atoms with Gasteiger partial charge in [0.15, 0.2) is 0 Å². The van der Waals surface area contributed by atoms with Crippen molar-refractivity contribution in [3.05, 3.63) is 75.6 Å². The van der Waals surface area contributed by atoms with Crippen molar-refractivity contribution in [3.8, 4) is 0 Å².